The van der Waals surface area contributed by atoms with E-state index < -0.39 is 5.91 Å². The predicted molar refractivity (Wildman–Crippen MR) is 111 cm³/mol. The normalized spacial score (nSPS) is 10.5. The minimum Gasteiger partial charge on any atom is -0.354 e. The summed E-state index contributed by atoms with van der Waals surface area (Å²) in [6.07, 6.45) is 2.14. The molecule has 0 aliphatic carbocycles. The van der Waals surface area contributed by atoms with E-state index in [4.69, 9.17) is 11.6 Å². The van der Waals surface area contributed by atoms with Crippen molar-refractivity contribution in [3.05, 3.63) is 69.3 Å². The quantitative estimate of drug-likeness (QED) is 0.621. The third-order valence-electron chi connectivity index (χ3n) is 3.97. The Morgan fingerprint density at radius 3 is 2.61 bits per heavy atom. The van der Waals surface area contributed by atoms with Crippen molar-refractivity contribution in [1.29, 1.82) is 0 Å². The van der Waals surface area contributed by atoms with Crippen molar-refractivity contribution in [3.8, 4) is 11.3 Å². The molecule has 2 aromatic heterocycles. The monoisotopic (exact) mass is 414 g/mol. The molecule has 6 nitrogen and oxygen atoms in total. The third kappa shape index (κ3) is 5.61. The lowest BCUT2D eigenvalue weighted by Crippen LogP contribution is -2.37. The zero-order chi connectivity index (χ0) is 19.9. The van der Waals surface area contributed by atoms with Gasteiger partial charge >= 0.3 is 0 Å². The van der Waals surface area contributed by atoms with Crippen LogP contribution in [0.25, 0.3) is 11.3 Å². The molecule has 2 heterocycles. The molecule has 0 unspecified atom stereocenters. The van der Waals surface area contributed by atoms with Crippen molar-refractivity contribution >= 4 is 34.8 Å². The lowest BCUT2D eigenvalue weighted by Gasteiger charge is -2.07. The number of thiazole rings is 1. The summed E-state index contributed by atoms with van der Waals surface area (Å²) in [5.74, 6) is -0.699. The molecule has 144 valence electrons. The SMILES string of the molecule is Cc1nc(-c2ccc(CCNC(=O)CNC(=O)c3cc(Cl)ccn3)cc2)cs1. The molecule has 0 fully saturated rings. The summed E-state index contributed by atoms with van der Waals surface area (Å²) in [7, 11) is 0. The van der Waals surface area contributed by atoms with E-state index in [1.807, 2.05) is 36.6 Å². The summed E-state index contributed by atoms with van der Waals surface area (Å²) in [4.78, 5) is 32.2. The predicted octanol–water partition coefficient (Wildman–Crippen LogP) is 3.26. The highest BCUT2D eigenvalue weighted by Gasteiger charge is 2.09. The summed E-state index contributed by atoms with van der Waals surface area (Å²) in [5.41, 5.74) is 3.35. The maximum atomic E-state index is 11.9. The Hall–Kier alpha value is -2.77. The zero-order valence-corrected chi connectivity index (χ0v) is 16.8. The molecule has 0 bridgehead atoms. The van der Waals surface area contributed by atoms with Crippen LogP contribution in [-0.4, -0.2) is 34.9 Å². The van der Waals surface area contributed by atoms with Gasteiger partial charge in [0.1, 0.15) is 5.69 Å². The number of benzene rings is 1. The summed E-state index contributed by atoms with van der Waals surface area (Å²) in [6.45, 7) is 2.35. The molecule has 0 aliphatic rings. The zero-order valence-electron chi connectivity index (χ0n) is 15.2. The van der Waals surface area contributed by atoms with Crippen LogP contribution in [0, 0.1) is 6.92 Å². The van der Waals surface area contributed by atoms with Crippen LogP contribution in [0.5, 0.6) is 0 Å². The standard InChI is InChI=1S/C20H19ClN4O2S/c1-13-25-18(12-28-13)15-4-2-14(3-5-15)6-8-23-19(26)11-24-20(27)17-10-16(21)7-9-22-17/h2-5,7,9-10,12H,6,8,11H2,1H3,(H,23,26)(H,24,27). The van der Waals surface area contributed by atoms with E-state index in [2.05, 4.69) is 20.6 Å². The first kappa shape index (κ1) is 20.0. The highest BCUT2D eigenvalue weighted by atomic mass is 35.5. The van der Waals surface area contributed by atoms with E-state index in [1.54, 1.807) is 17.4 Å². The average molecular weight is 415 g/mol. The van der Waals surface area contributed by atoms with Crippen molar-refractivity contribution in [2.75, 3.05) is 13.1 Å². The molecule has 0 spiro atoms. The van der Waals surface area contributed by atoms with Gasteiger partial charge in [-0.05, 0) is 31.0 Å². The largest absolute Gasteiger partial charge is 0.354 e. The number of nitrogens with one attached hydrogen (secondary N) is 2. The fourth-order valence-electron chi connectivity index (χ4n) is 2.53. The van der Waals surface area contributed by atoms with Crippen LogP contribution >= 0.6 is 22.9 Å². The molecule has 28 heavy (non-hydrogen) atoms. The number of amides is 2. The van der Waals surface area contributed by atoms with E-state index in [1.165, 1.54) is 12.3 Å². The van der Waals surface area contributed by atoms with E-state index in [9.17, 15) is 9.59 Å². The Kier molecular flexibility index (Phi) is 6.73. The Balaban J connectivity index is 1.41. The molecule has 2 N–H and O–H groups in total. The van der Waals surface area contributed by atoms with E-state index in [0.717, 1.165) is 21.8 Å². The van der Waals surface area contributed by atoms with E-state index >= 15 is 0 Å². The first-order valence-electron chi connectivity index (χ1n) is 8.69. The fraction of sp³-hybridized carbons (Fsp3) is 0.200. The maximum absolute atomic E-state index is 11.9. The Labute approximate surface area is 172 Å². The minimum atomic E-state index is -0.439. The number of carbonyl (C=O) groups excluding carboxylic acids is 2. The van der Waals surface area contributed by atoms with Gasteiger partial charge < -0.3 is 10.6 Å². The lowest BCUT2D eigenvalue weighted by molar-refractivity contribution is -0.120. The van der Waals surface area contributed by atoms with Gasteiger partial charge in [0.15, 0.2) is 0 Å². The molecule has 2 amide bonds. The number of pyridine rings is 1. The topological polar surface area (TPSA) is 84.0 Å². The average Bonchev–Trinajstić information content (AvgIpc) is 3.13. The number of rotatable bonds is 7. The molecule has 0 saturated heterocycles. The van der Waals surface area contributed by atoms with Crippen LogP contribution in [0.4, 0.5) is 0 Å². The van der Waals surface area contributed by atoms with Crippen LogP contribution in [0.15, 0.2) is 48.0 Å². The molecule has 0 radical (unpaired) electrons. The smallest absolute Gasteiger partial charge is 0.270 e. The molecular weight excluding hydrogens is 396 g/mol. The summed E-state index contributed by atoms with van der Waals surface area (Å²) >= 11 is 7.45. The van der Waals surface area contributed by atoms with Crippen molar-refractivity contribution in [2.45, 2.75) is 13.3 Å². The summed E-state index contributed by atoms with van der Waals surface area (Å²) in [5, 5.41) is 8.81. The first-order chi connectivity index (χ1) is 13.5. The number of halogens is 1. The first-order valence-corrected chi connectivity index (χ1v) is 9.95. The number of hydrogen-bond donors (Lipinski definition) is 2. The van der Waals surface area contributed by atoms with Gasteiger partial charge in [-0.2, -0.15) is 0 Å². The number of carbonyl (C=O) groups is 2. The number of aryl methyl sites for hydroxylation is 1. The maximum Gasteiger partial charge on any atom is 0.270 e. The lowest BCUT2D eigenvalue weighted by atomic mass is 10.1. The third-order valence-corrected chi connectivity index (χ3v) is 4.98. The van der Waals surface area contributed by atoms with E-state index in [-0.39, 0.29) is 18.1 Å². The van der Waals surface area contributed by atoms with Crippen molar-refractivity contribution in [3.63, 3.8) is 0 Å². The van der Waals surface area contributed by atoms with Crippen LogP contribution < -0.4 is 10.6 Å². The summed E-state index contributed by atoms with van der Waals surface area (Å²) in [6, 6.07) is 11.2. The molecule has 0 atom stereocenters. The molecule has 3 aromatic rings. The second kappa shape index (κ2) is 9.43. The van der Waals surface area contributed by atoms with Gasteiger partial charge in [0.2, 0.25) is 5.91 Å². The van der Waals surface area contributed by atoms with Gasteiger partial charge in [-0.3, -0.25) is 14.6 Å². The molecule has 3 rings (SSSR count). The molecule has 0 saturated carbocycles. The Bertz CT molecular complexity index is 972. The summed E-state index contributed by atoms with van der Waals surface area (Å²) < 4.78 is 0. The minimum absolute atomic E-state index is 0.116. The Morgan fingerprint density at radius 2 is 1.93 bits per heavy atom. The second-order valence-electron chi connectivity index (χ2n) is 6.09. The highest BCUT2D eigenvalue weighted by molar-refractivity contribution is 7.09. The number of nitrogens with zero attached hydrogens (tertiary/aromatic N) is 2. The van der Waals surface area contributed by atoms with Crippen LogP contribution in [0.2, 0.25) is 5.02 Å². The van der Waals surface area contributed by atoms with Crippen molar-refractivity contribution in [1.82, 2.24) is 20.6 Å². The Morgan fingerprint density at radius 1 is 1.14 bits per heavy atom. The van der Waals surface area contributed by atoms with E-state index in [0.29, 0.717) is 18.0 Å². The molecule has 0 aliphatic heterocycles. The van der Waals surface area contributed by atoms with Gasteiger partial charge in [0, 0.05) is 28.7 Å². The van der Waals surface area contributed by atoms with Gasteiger partial charge in [-0.1, -0.05) is 35.9 Å². The second-order valence-corrected chi connectivity index (χ2v) is 7.59. The fourth-order valence-corrected chi connectivity index (χ4v) is 3.31. The van der Waals surface area contributed by atoms with Gasteiger partial charge in [0.25, 0.3) is 5.91 Å². The van der Waals surface area contributed by atoms with Gasteiger partial charge in [0.05, 0.1) is 17.2 Å². The van der Waals surface area contributed by atoms with Crippen LogP contribution in [0.3, 0.4) is 0 Å². The van der Waals surface area contributed by atoms with Crippen LogP contribution in [0.1, 0.15) is 21.1 Å². The molecular formula is C20H19ClN4O2S. The molecule has 1 aromatic carbocycles. The van der Waals surface area contributed by atoms with Crippen LogP contribution in [-0.2, 0) is 11.2 Å². The number of hydrogen-bond acceptors (Lipinski definition) is 5. The van der Waals surface area contributed by atoms with Crippen molar-refractivity contribution in [2.24, 2.45) is 0 Å². The van der Waals surface area contributed by atoms with Gasteiger partial charge in [-0.15, -0.1) is 11.3 Å². The number of aromatic nitrogens is 2. The van der Waals surface area contributed by atoms with Crippen molar-refractivity contribution < 1.29 is 9.59 Å². The van der Waals surface area contributed by atoms with Gasteiger partial charge in [-0.25, -0.2) is 4.98 Å². The molecule has 8 heteroatoms. The highest BCUT2D eigenvalue weighted by Crippen LogP contribution is 2.21.